The fraction of sp³-hybridized carbons (Fsp3) is 1.00. The lowest BCUT2D eigenvalue weighted by atomic mass is 10.1. The van der Waals surface area contributed by atoms with Crippen LogP contribution in [0.25, 0.3) is 0 Å². The Morgan fingerprint density at radius 2 is 2.07 bits per heavy atom. The van der Waals surface area contributed by atoms with Crippen LogP contribution in [0.3, 0.4) is 0 Å². The minimum atomic E-state index is -2.72. The molecule has 0 amide bonds. The average molecular weight is 235 g/mol. The third kappa shape index (κ3) is 5.49. The number of sulfone groups is 1. The van der Waals surface area contributed by atoms with Crippen LogP contribution >= 0.6 is 0 Å². The van der Waals surface area contributed by atoms with Gasteiger partial charge in [0.1, 0.15) is 0 Å². The highest BCUT2D eigenvalue weighted by atomic mass is 32.2. The summed E-state index contributed by atoms with van der Waals surface area (Å²) in [6, 6.07) is 0. The van der Waals surface area contributed by atoms with Gasteiger partial charge in [-0.05, 0) is 44.7 Å². The molecule has 0 aromatic heterocycles. The van der Waals surface area contributed by atoms with Gasteiger partial charge in [0.15, 0.2) is 9.84 Å². The topological polar surface area (TPSA) is 66.4 Å². The molecule has 0 radical (unpaired) electrons. The van der Waals surface area contributed by atoms with Gasteiger partial charge in [-0.15, -0.1) is 0 Å². The summed E-state index contributed by atoms with van der Waals surface area (Å²) in [5.74, 6) is 1.04. The highest BCUT2D eigenvalue weighted by Gasteiger charge is 2.27. The summed E-state index contributed by atoms with van der Waals surface area (Å²) in [5.41, 5.74) is 0. The number of hydrogen-bond donors (Lipinski definition) is 2. The molecule has 0 aromatic rings. The number of nitrogens with one attached hydrogen (secondary N) is 1. The van der Waals surface area contributed by atoms with Crippen LogP contribution in [0.4, 0.5) is 0 Å². The van der Waals surface area contributed by atoms with E-state index in [0.717, 1.165) is 38.8 Å². The third-order valence-electron chi connectivity index (χ3n) is 2.77. The van der Waals surface area contributed by atoms with E-state index in [1.807, 2.05) is 0 Å². The van der Waals surface area contributed by atoms with Crippen LogP contribution in [0, 0.1) is 5.92 Å². The van der Waals surface area contributed by atoms with Crippen molar-refractivity contribution in [3.63, 3.8) is 0 Å². The van der Waals surface area contributed by atoms with E-state index in [0.29, 0.717) is 17.4 Å². The lowest BCUT2D eigenvalue weighted by molar-refractivity contribution is 0.282. The zero-order chi connectivity index (χ0) is 11.1. The van der Waals surface area contributed by atoms with Crippen molar-refractivity contribution in [3.8, 4) is 0 Å². The summed E-state index contributed by atoms with van der Waals surface area (Å²) < 4.78 is 22.3. The van der Waals surface area contributed by atoms with Crippen molar-refractivity contribution in [1.29, 1.82) is 0 Å². The first kappa shape index (κ1) is 12.9. The molecule has 1 fully saturated rings. The van der Waals surface area contributed by atoms with E-state index in [1.54, 1.807) is 0 Å². The van der Waals surface area contributed by atoms with Gasteiger partial charge in [0.2, 0.25) is 0 Å². The van der Waals surface area contributed by atoms with Crippen molar-refractivity contribution in [1.82, 2.24) is 5.32 Å². The van der Waals surface area contributed by atoms with Gasteiger partial charge < -0.3 is 10.4 Å². The van der Waals surface area contributed by atoms with Crippen molar-refractivity contribution in [2.24, 2.45) is 5.92 Å². The Morgan fingerprint density at radius 3 is 2.67 bits per heavy atom. The van der Waals surface area contributed by atoms with Crippen molar-refractivity contribution in [2.75, 3.05) is 31.2 Å². The van der Waals surface area contributed by atoms with Crippen LogP contribution in [-0.4, -0.2) is 44.7 Å². The van der Waals surface area contributed by atoms with E-state index in [9.17, 15) is 8.42 Å². The number of rotatable bonds is 7. The minimum absolute atomic E-state index is 0.265. The molecule has 0 saturated carbocycles. The second-order valence-electron chi connectivity index (χ2n) is 4.26. The molecule has 1 unspecified atom stereocenters. The van der Waals surface area contributed by atoms with Crippen LogP contribution in [0.2, 0.25) is 0 Å². The molecule has 1 aliphatic rings. The molecule has 1 saturated heterocycles. The highest BCUT2D eigenvalue weighted by molar-refractivity contribution is 7.91. The molecule has 5 heteroatoms. The smallest absolute Gasteiger partial charge is 0.150 e. The van der Waals surface area contributed by atoms with Gasteiger partial charge in [0, 0.05) is 6.61 Å². The lowest BCUT2D eigenvalue weighted by Gasteiger charge is -2.08. The normalized spacial score (nSPS) is 24.5. The third-order valence-corrected chi connectivity index (χ3v) is 4.61. The Balaban J connectivity index is 1.97. The second kappa shape index (κ2) is 6.45. The molecule has 1 heterocycles. The van der Waals surface area contributed by atoms with E-state index in [4.69, 9.17) is 5.11 Å². The molecule has 4 nitrogen and oxygen atoms in total. The first-order chi connectivity index (χ1) is 7.14. The first-order valence-electron chi connectivity index (χ1n) is 5.66. The molecule has 2 N–H and O–H groups in total. The van der Waals surface area contributed by atoms with Crippen LogP contribution in [-0.2, 0) is 9.84 Å². The molecular weight excluding hydrogens is 214 g/mol. The summed E-state index contributed by atoms with van der Waals surface area (Å²) >= 11 is 0. The quantitative estimate of drug-likeness (QED) is 0.618. The molecule has 0 spiro atoms. The largest absolute Gasteiger partial charge is 0.396 e. The molecule has 1 aliphatic heterocycles. The number of hydrogen-bond acceptors (Lipinski definition) is 4. The van der Waals surface area contributed by atoms with Crippen LogP contribution in [0.1, 0.15) is 25.7 Å². The molecule has 0 aromatic carbocycles. The van der Waals surface area contributed by atoms with E-state index in [-0.39, 0.29) is 6.61 Å². The fourth-order valence-corrected chi connectivity index (χ4v) is 3.74. The molecule has 1 atom stereocenters. The maximum atomic E-state index is 11.2. The van der Waals surface area contributed by atoms with E-state index in [1.165, 1.54) is 0 Å². The van der Waals surface area contributed by atoms with Gasteiger partial charge in [0.25, 0.3) is 0 Å². The maximum Gasteiger partial charge on any atom is 0.150 e. The SMILES string of the molecule is O=S1(=O)CCC(CNCCCCCO)C1. The van der Waals surface area contributed by atoms with Crippen molar-refractivity contribution < 1.29 is 13.5 Å². The zero-order valence-corrected chi connectivity index (χ0v) is 9.93. The average Bonchev–Trinajstić information content (AvgIpc) is 2.52. The molecular formula is C10H21NO3S. The Bertz CT molecular complexity index is 264. The van der Waals surface area contributed by atoms with Crippen LogP contribution in [0.15, 0.2) is 0 Å². The van der Waals surface area contributed by atoms with Gasteiger partial charge in [-0.2, -0.15) is 0 Å². The van der Waals surface area contributed by atoms with Gasteiger partial charge in [0.05, 0.1) is 11.5 Å². The van der Waals surface area contributed by atoms with E-state index in [2.05, 4.69) is 5.32 Å². The van der Waals surface area contributed by atoms with E-state index >= 15 is 0 Å². The summed E-state index contributed by atoms with van der Waals surface area (Å²) in [7, 11) is -2.72. The number of aliphatic hydroxyl groups excluding tert-OH is 1. The zero-order valence-electron chi connectivity index (χ0n) is 9.11. The highest BCUT2D eigenvalue weighted by Crippen LogP contribution is 2.17. The number of aliphatic hydroxyl groups is 1. The second-order valence-corrected chi connectivity index (χ2v) is 6.49. The standard InChI is InChI=1S/C10H21NO3S/c12-6-3-1-2-5-11-8-10-4-7-15(13,14)9-10/h10-12H,1-9H2. The monoisotopic (exact) mass is 235 g/mol. The lowest BCUT2D eigenvalue weighted by Crippen LogP contribution is -2.24. The van der Waals surface area contributed by atoms with Gasteiger partial charge in [-0.3, -0.25) is 0 Å². The summed E-state index contributed by atoms with van der Waals surface area (Å²) in [5, 5.41) is 11.8. The summed E-state index contributed by atoms with van der Waals surface area (Å²) in [6.45, 7) is 2.01. The molecule has 1 rings (SSSR count). The van der Waals surface area contributed by atoms with Gasteiger partial charge in [-0.25, -0.2) is 8.42 Å². The predicted molar refractivity (Wildman–Crippen MR) is 60.6 cm³/mol. The first-order valence-corrected chi connectivity index (χ1v) is 7.48. The Kier molecular flexibility index (Phi) is 5.56. The minimum Gasteiger partial charge on any atom is -0.396 e. The maximum absolute atomic E-state index is 11.2. The van der Waals surface area contributed by atoms with Crippen LogP contribution < -0.4 is 5.32 Å². The fourth-order valence-electron chi connectivity index (χ4n) is 1.88. The van der Waals surface area contributed by atoms with Gasteiger partial charge in [-0.1, -0.05) is 0 Å². The Hall–Kier alpha value is -0.130. The van der Waals surface area contributed by atoms with Crippen molar-refractivity contribution in [2.45, 2.75) is 25.7 Å². The van der Waals surface area contributed by atoms with Crippen molar-refractivity contribution >= 4 is 9.84 Å². The molecule has 0 bridgehead atoms. The molecule has 0 aliphatic carbocycles. The van der Waals surface area contributed by atoms with Gasteiger partial charge >= 0.3 is 0 Å². The van der Waals surface area contributed by atoms with Crippen LogP contribution in [0.5, 0.6) is 0 Å². The van der Waals surface area contributed by atoms with Crippen molar-refractivity contribution in [3.05, 3.63) is 0 Å². The number of unbranched alkanes of at least 4 members (excludes halogenated alkanes) is 2. The predicted octanol–water partition coefficient (Wildman–Crippen LogP) is 0.173. The Labute approximate surface area is 92.0 Å². The summed E-state index contributed by atoms with van der Waals surface area (Å²) in [4.78, 5) is 0. The molecule has 15 heavy (non-hydrogen) atoms. The summed E-state index contributed by atoms with van der Waals surface area (Å²) in [6.07, 6.45) is 3.76. The van der Waals surface area contributed by atoms with E-state index < -0.39 is 9.84 Å². The Morgan fingerprint density at radius 1 is 1.27 bits per heavy atom. The molecule has 90 valence electrons.